The third-order valence-corrected chi connectivity index (χ3v) is 3.61. The highest BCUT2D eigenvalue weighted by atomic mass is 15.3. The predicted molar refractivity (Wildman–Crippen MR) is 68.2 cm³/mol. The Morgan fingerprint density at radius 2 is 2.29 bits per heavy atom. The fourth-order valence-electron chi connectivity index (χ4n) is 2.37. The van der Waals surface area contributed by atoms with Crippen LogP contribution in [0.4, 0.5) is 5.82 Å². The van der Waals surface area contributed by atoms with Crippen LogP contribution in [0.2, 0.25) is 0 Å². The number of anilines is 1. The van der Waals surface area contributed by atoms with Crippen LogP contribution < -0.4 is 5.32 Å². The number of nitrogens with one attached hydrogen (secondary N) is 1. The first-order chi connectivity index (χ1) is 8.33. The van der Waals surface area contributed by atoms with Gasteiger partial charge in [0.05, 0.1) is 0 Å². The monoisotopic (exact) mass is 230 g/mol. The summed E-state index contributed by atoms with van der Waals surface area (Å²) in [6, 6.07) is 4.17. The molecular weight excluding hydrogens is 212 g/mol. The average molecular weight is 230 g/mol. The molecule has 1 saturated carbocycles. The number of rotatable bonds is 4. The van der Waals surface area contributed by atoms with Crippen molar-refractivity contribution >= 4 is 11.5 Å². The van der Waals surface area contributed by atoms with Crippen molar-refractivity contribution in [2.75, 3.05) is 11.9 Å². The standard InChI is InChI=1S/C13H18N4/c1-10-7-12(14-6-5-11-3-2-4-11)17-13(8-10)15-9-16-17/h7-9,11,14H,2-6H2,1H3. The van der Waals surface area contributed by atoms with Crippen molar-refractivity contribution in [3.05, 3.63) is 24.0 Å². The molecule has 2 aromatic heterocycles. The molecule has 0 bridgehead atoms. The third kappa shape index (κ3) is 2.12. The Bertz CT molecular complexity index is 513. The summed E-state index contributed by atoms with van der Waals surface area (Å²) in [4.78, 5) is 4.22. The van der Waals surface area contributed by atoms with Crippen LogP contribution in [0.15, 0.2) is 18.5 Å². The van der Waals surface area contributed by atoms with Gasteiger partial charge in [-0.2, -0.15) is 9.61 Å². The summed E-state index contributed by atoms with van der Waals surface area (Å²) >= 11 is 0. The summed E-state index contributed by atoms with van der Waals surface area (Å²) in [5.41, 5.74) is 2.13. The smallest absolute Gasteiger partial charge is 0.157 e. The van der Waals surface area contributed by atoms with Gasteiger partial charge < -0.3 is 5.32 Å². The molecular formula is C13H18N4. The van der Waals surface area contributed by atoms with Crippen LogP contribution in [0, 0.1) is 12.8 Å². The summed E-state index contributed by atoms with van der Waals surface area (Å²) in [7, 11) is 0. The second kappa shape index (κ2) is 4.35. The van der Waals surface area contributed by atoms with E-state index in [-0.39, 0.29) is 0 Å². The van der Waals surface area contributed by atoms with Crippen LogP contribution in [-0.4, -0.2) is 21.1 Å². The molecule has 0 spiro atoms. The number of aromatic nitrogens is 3. The topological polar surface area (TPSA) is 42.2 Å². The van der Waals surface area contributed by atoms with Gasteiger partial charge in [-0.1, -0.05) is 19.3 Å². The van der Waals surface area contributed by atoms with Gasteiger partial charge in [0, 0.05) is 6.54 Å². The highest BCUT2D eigenvalue weighted by Gasteiger charge is 2.16. The quantitative estimate of drug-likeness (QED) is 0.878. The predicted octanol–water partition coefficient (Wildman–Crippen LogP) is 2.64. The number of pyridine rings is 1. The molecule has 0 radical (unpaired) electrons. The molecule has 0 aromatic carbocycles. The Hall–Kier alpha value is -1.58. The van der Waals surface area contributed by atoms with Crippen molar-refractivity contribution in [3.63, 3.8) is 0 Å². The number of hydrogen-bond donors (Lipinski definition) is 1. The second-order valence-corrected chi connectivity index (χ2v) is 4.96. The van der Waals surface area contributed by atoms with Gasteiger partial charge in [0.15, 0.2) is 5.65 Å². The zero-order valence-corrected chi connectivity index (χ0v) is 10.2. The minimum Gasteiger partial charge on any atom is -0.370 e. The molecule has 17 heavy (non-hydrogen) atoms. The lowest BCUT2D eigenvalue weighted by atomic mass is 9.83. The van der Waals surface area contributed by atoms with Crippen LogP contribution in [0.1, 0.15) is 31.2 Å². The Kier molecular flexibility index (Phi) is 2.71. The average Bonchev–Trinajstić information content (AvgIpc) is 2.69. The van der Waals surface area contributed by atoms with Gasteiger partial charge in [0.1, 0.15) is 12.1 Å². The van der Waals surface area contributed by atoms with E-state index < -0.39 is 0 Å². The molecule has 4 heteroatoms. The lowest BCUT2D eigenvalue weighted by molar-refractivity contribution is 0.303. The lowest BCUT2D eigenvalue weighted by Crippen LogP contribution is -2.16. The minimum absolute atomic E-state index is 0.913. The van der Waals surface area contributed by atoms with Gasteiger partial charge in [-0.15, -0.1) is 0 Å². The van der Waals surface area contributed by atoms with Crippen molar-refractivity contribution in [1.82, 2.24) is 14.6 Å². The minimum atomic E-state index is 0.913. The summed E-state index contributed by atoms with van der Waals surface area (Å²) in [5.74, 6) is 2.00. The van der Waals surface area contributed by atoms with Crippen molar-refractivity contribution in [1.29, 1.82) is 0 Å². The van der Waals surface area contributed by atoms with E-state index in [9.17, 15) is 0 Å². The Morgan fingerprint density at radius 1 is 1.41 bits per heavy atom. The third-order valence-electron chi connectivity index (χ3n) is 3.61. The van der Waals surface area contributed by atoms with E-state index in [0.717, 1.165) is 23.9 Å². The maximum Gasteiger partial charge on any atom is 0.157 e. The zero-order valence-electron chi connectivity index (χ0n) is 10.2. The largest absolute Gasteiger partial charge is 0.370 e. The Balaban J connectivity index is 1.72. The van der Waals surface area contributed by atoms with Gasteiger partial charge in [0.2, 0.25) is 0 Å². The maximum atomic E-state index is 4.23. The molecule has 0 atom stereocenters. The molecule has 0 saturated heterocycles. The van der Waals surface area contributed by atoms with Crippen molar-refractivity contribution in [2.24, 2.45) is 5.92 Å². The fraction of sp³-hybridized carbons (Fsp3) is 0.538. The van der Waals surface area contributed by atoms with Gasteiger partial charge in [-0.3, -0.25) is 0 Å². The first kappa shape index (κ1) is 10.6. The molecule has 1 aliphatic carbocycles. The first-order valence-electron chi connectivity index (χ1n) is 6.37. The molecule has 1 N–H and O–H groups in total. The Morgan fingerprint density at radius 3 is 3.06 bits per heavy atom. The van der Waals surface area contributed by atoms with E-state index in [4.69, 9.17) is 0 Å². The summed E-state index contributed by atoms with van der Waals surface area (Å²) in [6.07, 6.45) is 7.11. The van der Waals surface area contributed by atoms with Crippen LogP contribution in [0.3, 0.4) is 0 Å². The lowest BCUT2D eigenvalue weighted by Gasteiger charge is -2.25. The van der Waals surface area contributed by atoms with Gasteiger partial charge in [-0.25, -0.2) is 4.98 Å². The fourth-order valence-corrected chi connectivity index (χ4v) is 2.37. The molecule has 0 unspecified atom stereocenters. The highest BCUT2D eigenvalue weighted by Crippen LogP contribution is 2.29. The molecule has 2 aromatic rings. The van der Waals surface area contributed by atoms with E-state index in [1.54, 1.807) is 6.33 Å². The van der Waals surface area contributed by atoms with Crippen LogP contribution >= 0.6 is 0 Å². The zero-order chi connectivity index (χ0) is 11.7. The summed E-state index contributed by atoms with van der Waals surface area (Å²) < 4.78 is 1.87. The van der Waals surface area contributed by atoms with Crippen LogP contribution in [0.25, 0.3) is 5.65 Å². The van der Waals surface area contributed by atoms with Gasteiger partial charge in [-0.05, 0) is 37.0 Å². The highest BCUT2D eigenvalue weighted by molar-refractivity contribution is 5.51. The maximum absolute atomic E-state index is 4.23. The van der Waals surface area contributed by atoms with Gasteiger partial charge >= 0.3 is 0 Å². The van der Waals surface area contributed by atoms with Crippen molar-refractivity contribution in [3.8, 4) is 0 Å². The molecule has 4 nitrogen and oxygen atoms in total. The molecule has 3 rings (SSSR count). The van der Waals surface area contributed by atoms with Crippen molar-refractivity contribution in [2.45, 2.75) is 32.6 Å². The van der Waals surface area contributed by atoms with Crippen molar-refractivity contribution < 1.29 is 0 Å². The molecule has 90 valence electrons. The van der Waals surface area contributed by atoms with E-state index in [1.165, 1.54) is 31.2 Å². The molecule has 2 heterocycles. The number of hydrogen-bond acceptors (Lipinski definition) is 3. The van der Waals surface area contributed by atoms with E-state index in [0.29, 0.717) is 0 Å². The second-order valence-electron chi connectivity index (χ2n) is 4.96. The molecule has 0 amide bonds. The number of nitrogens with zero attached hydrogens (tertiary/aromatic N) is 3. The Labute approximate surface area is 101 Å². The van der Waals surface area contributed by atoms with Gasteiger partial charge in [0.25, 0.3) is 0 Å². The first-order valence-corrected chi connectivity index (χ1v) is 6.37. The van der Waals surface area contributed by atoms with Crippen LogP contribution in [0.5, 0.6) is 0 Å². The molecule has 0 aliphatic heterocycles. The van der Waals surface area contributed by atoms with E-state index in [2.05, 4.69) is 28.4 Å². The number of fused-ring (bicyclic) bond motifs is 1. The SMILES string of the molecule is Cc1cc(NCCC2CCC2)n2ncnc2c1. The normalized spacial score (nSPS) is 16.1. The number of aryl methyl sites for hydroxylation is 1. The van der Waals surface area contributed by atoms with Crippen LogP contribution in [-0.2, 0) is 0 Å². The molecule has 1 fully saturated rings. The summed E-state index contributed by atoms with van der Waals surface area (Å²) in [6.45, 7) is 3.12. The summed E-state index contributed by atoms with van der Waals surface area (Å²) in [5, 5.41) is 7.71. The molecule has 1 aliphatic rings. The van der Waals surface area contributed by atoms with E-state index >= 15 is 0 Å². The van der Waals surface area contributed by atoms with E-state index in [1.807, 2.05) is 10.6 Å².